The molecular weight excluding hydrogens is 436 g/mol. The quantitative estimate of drug-likeness (QED) is 0.629. The first-order valence-electron chi connectivity index (χ1n) is 10.1. The van der Waals surface area contributed by atoms with E-state index >= 15 is 0 Å². The number of nitrogens with one attached hydrogen (secondary N) is 1. The number of hydrogen-bond donors (Lipinski definition) is 1. The lowest BCUT2D eigenvalue weighted by Gasteiger charge is -2.27. The van der Waals surface area contributed by atoms with E-state index in [4.69, 9.17) is 14.2 Å². The van der Waals surface area contributed by atoms with Crippen LogP contribution in [0.2, 0.25) is 0 Å². The molecule has 1 heterocycles. The molecule has 1 fully saturated rings. The van der Waals surface area contributed by atoms with Crippen molar-refractivity contribution in [2.45, 2.75) is 18.7 Å². The Balaban J connectivity index is 1.93. The fourth-order valence-corrected chi connectivity index (χ4v) is 4.49. The highest BCUT2D eigenvalue weighted by molar-refractivity contribution is 7.92. The van der Waals surface area contributed by atoms with Gasteiger partial charge < -0.3 is 19.1 Å². The highest BCUT2D eigenvalue weighted by Crippen LogP contribution is 2.27. The Kier molecular flexibility index (Phi) is 7.37. The Hall–Kier alpha value is -3.11. The Bertz CT molecular complexity index is 1110. The van der Waals surface area contributed by atoms with Gasteiger partial charge >= 0.3 is 5.97 Å². The SMILES string of the molecule is CCOC(=O)c1cccc(NS(=O)(=O)c2ccc(OC)c(C(=O)N3CCOCC3)c2)c1C. The molecule has 0 unspecified atom stereocenters. The first-order chi connectivity index (χ1) is 15.3. The number of anilines is 1. The lowest BCUT2D eigenvalue weighted by Crippen LogP contribution is -2.40. The van der Waals surface area contributed by atoms with E-state index in [1.807, 2.05) is 0 Å². The lowest BCUT2D eigenvalue weighted by atomic mass is 10.1. The van der Waals surface area contributed by atoms with Gasteiger partial charge in [-0.25, -0.2) is 13.2 Å². The minimum atomic E-state index is -4.06. The fourth-order valence-electron chi connectivity index (χ4n) is 3.34. The summed E-state index contributed by atoms with van der Waals surface area (Å²) in [6.07, 6.45) is 0. The van der Waals surface area contributed by atoms with Gasteiger partial charge in [-0.3, -0.25) is 9.52 Å². The topological polar surface area (TPSA) is 111 Å². The van der Waals surface area contributed by atoms with Crippen molar-refractivity contribution in [3.63, 3.8) is 0 Å². The lowest BCUT2D eigenvalue weighted by molar-refractivity contribution is 0.0300. The van der Waals surface area contributed by atoms with E-state index < -0.39 is 16.0 Å². The third kappa shape index (κ3) is 5.03. The zero-order valence-corrected chi connectivity index (χ0v) is 19.0. The largest absolute Gasteiger partial charge is 0.496 e. The predicted molar refractivity (Wildman–Crippen MR) is 118 cm³/mol. The highest BCUT2D eigenvalue weighted by atomic mass is 32.2. The molecule has 2 aromatic rings. The summed E-state index contributed by atoms with van der Waals surface area (Å²) in [7, 11) is -2.64. The van der Waals surface area contributed by atoms with Gasteiger partial charge in [-0.15, -0.1) is 0 Å². The minimum Gasteiger partial charge on any atom is -0.496 e. The van der Waals surface area contributed by atoms with Crippen LogP contribution in [-0.2, 0) is 19.5 Å². The number of rotatable bonds is 7. The summed E-state index contributed by atoms with van der Waals surface area (Å²) < 4.78 is 44.3. The van der Waals surface area contributed by atoms with Crippen molar-refractivity contribution in [3.05, 3.63) is 53.1 Å². The molecule has 2 aromatic carbocycles. The summed E-state index contributed by atoms with van der Waals surface area (Å²) in [5, 5.41) is 0. The maximum atomic E-state index is 13.1. The van der Waals surface area contributed by atoms with Crippen molar-refractivity contribution in [3.8, 4) is 5.75 Å². The smallest absolute Gasteiger partial charge is 0.338 e. The molecule has 1 saturated heterocycles. The third-order valence-electron chi connectivity index (χ3n) is 5.08. The second-order valence-electron chi connectivity index (χ2n) is 7.07. The summed E-state index contributed by atoms with van der Waals surface area (Å²) >= 11 is 0. The van der Waals surface area contributed by atoms with Gasteiger partial charge in [-0.2, -0.15) is 0 Å². The van der Waals surface area contributed by atoms with E-state index in [1.54, 1.807) is 36.9 Å². The first kappa shape index (κ1) is 23.6. The molecule has 3 rings (SSSR count). The number of amides is 1. The number of ether oxygens (including phenoxy) is 3. The van der Waals surface area contributed by atoms with Gasteiger partial charge in [-0.05, 0) is 49.7 Å². The van der Waals surface area contributed by atoms with Crippen LogP contribution in [0.4, 0.5) is 5.69 Å². The summed E-state index contributed by atoms with van der Waals surface area (Å²) in [5.74, 6) is -0.586. The van der Waals surface area contributed by atoms with Gasteiger partial charge in [-0.1, -0.05) is 6.07 Å². The molecule has 0 spiro atoms. The van der Waals surface area contributed by atoms with Crippen molar-refractivity contribution in [2.24, 2.45) is 0 Å². The van der Waals surface area contributed by atoms with E-state index in [0.717, 1.165) is 0 Å². The monoisotopic (exact) mass is 462 g/mol. The van der Waals surface area contributed by atoms with Gasteiger partial charge in [0.2, 0.25) is 0 Å². The number of nitrogens with zero attached hydrogens (tertiary/aromatic N) is 1. The second kappa shape index (κ2) is 10.0. The number of methoxy groups -OCH3 is 1. The molecule has 1 N–H and O–H groups in total. The first-order valence-corrected chi connectivity index (χ1v) is 11.6. The maximum Gasteiger partial charge on any atom is 0.338 e. The Labute approximate surface area is 187 Å². The number of benzene rings is 2. The molecule has 0 bridgehead atoms. The molecule has 172 valence electrons. The van der Waals surface area contributed by atoms with Crippen LogP contribution in [0.15, 0.2) is 41.3 Å². The fraction of sp³-hybridized carbons (Fsp3) is 0.364. The van der Waals surface area contributed by atoms with E-state index in [9.17, 15) is 18.0 Å². The molecule has 0 aliphatic carbocycles. The van der Waals surface area contributed by atoms with E-state index in [2.05, 4.69) is 4.72 Å². The van der Waals surface area contributed by atoms with E-state index in [1.165, 1.54) is 25.3 Å². The Morgan fingerprint density at radius 3 is 2.50 bits per heavy atom. The highest BCUT2D eigenvalue weighted by Gasteiger charge is 2.25. The average Bonchev–Trinajstić information content (AvgIpc) is 2.80. The van der Waals surface area contributed by atoms with Crippen LogP contribution in [-0.4, -0.2) is 65.2 Å². The summed E-state index contributed by atoms with van der Waals surface area (Å²) in [4.78, 5) is 26.6. The van der Waals surface area contributed by atoms with Gasteiger partial charge in [0.05, 0.1) is 48.6 Å². The molecule has 32 heavy (non-hydrogen) atoms. The number of hydrogen-bond acceptors (Lipinski definition) is 7. The van der Waals surface area contributed by atoms with Crippen LogP contribution in [0, 0.1) is 6.92 Å². The summed E-state index contributed by atoms with van der Waals surface area (Å²) in [6.45, 7) is 5.20. The maximum absolute atomic E-state index is 13.1. The van der Waals surface area contributed by atoms with Crippen LogP contribution in [0.1, 0.15) is 33.2 Å². The van der Waals surface area contributed by atoms with Gasteiger partial charge in [0, 0.05) is 13.1 Å². The minimum absolute atomic E-state index is 0.101. The molecule has 0 radical (unpaired) electrons. The van der Waals surface area contributed by atoms with E-state index in [0.29, 0.717) is 31.9 Å². The average molecular weight is 463 g/mol. The number of carbonyl (C=O) groups is 2. The standard InChI is InChI=1S/C22H26N2O7S/c1-4-31-22(26)17-6-5-7-19(15(17)2)23-32(27,28)16-8-9-20(29-3)18(14-16)21(25)24-10-12-30-13-11-24/h5-9,14,23H,4,10-13H2,1-3H3. The van der Waals surface area contributed by atoms with Gasteiger partial charge in [0.15, 0.2) is 0 Å². The Morgan fingerprint density at radius 2 is 1.84 bits per heavy atom. The molecular formula is C22H26N2O7S. The Morgan fingerprint density at radius 1 is 1.12 bits per heavy atom. The number of carbonyl (C=O) groups excluding carboxylic acids is 2. The normalized spacial score (nSPS) is 14.0. The second-order valence-corrected chi connectivity index (χ2v) is 8.75. The van der Waals surface area contributed by atoms with Crippen LogP contribution < -0.4 is 9.46 Å². The molecule has 1 aliphatic heterocycles. The molecule has 0 saturated carbocycles. The molecule has 0 atom stereocenters. The van der Waals surface area contributed by atoms with Crippen molar-refractivity contribution in [1.82, 2.24) is 4.90 Å². The predicted octanol–water partition coefficient (Wildman–Crippen LogP) is 2.45. The zero-order valence-electron chi connectivity index (χ0n) is 18.2. The van der Waals surface area contributed by atoms with Gasteiger partial charge in [0.1, 0.15) is 5.75 Å². The van der Waals surface area contributed by atoms with Crippen LogP contribution in [0.25, 0.3) is 0 Å². The number of morpholine rings is 1. The number of esters is 1. The number of sulfonamides is 1. The van der Waals surface area contributed by atoms with Crippen LogP contribution in [0.5, 0.6) is 5.75 Å². The molecule has 1 aliphatic rings. The zero-order chi connectivity index (χ0) is 23.3. The van der Waals surface area contributed by atoms with Crippen LogP contribution >= 0.6 is 0 Å². The summed E-state index contributed by atoms with van der Waals surface area (Å²) in [5.41, 5.74) is 1.10. The van der Waals surface area contributed by atoms with Crippen molar-refractivity contribution in [2.75, 3.05) is 44.7 Å². The molecule has 10 heteroatoms. The van der Waals surface area contributed by atoms with E-state index in [-0.39, 0.29) is 40.0 Å². The van der Waals surface area contributed by atoms with Crippen molar-refractivity contribution >= 4 is 27.6 Å². The summed E-state index contributed by atoms with van der Waals surface area (Å²) in [6, 6.07) is 8.80. The molecule has 1 amide bonds. The van der Waals surface area contributed by atoms with Crippen molar-refractivity contribution in [1.29, 1.82) is 0 Å². The molecule has 9 nitrogen and oxygen atoms in total. The van der Waals surface area contributed by atoms with Crippen LogP contribution in [0.3, 0.4) is 0 Å². The third-order valence-corrected chi connectivity index (χ3v) is 6.45. The van der Waals surface area contributed by atoms with Crippen molar-refractivity contribution < 1.29 is 32.2 Å². The molecule has 0 aromatic heterocycles. The van der Waals surface area contributed by atoms with Gasteiger partial charge in [0.25, 0.3) is 15.9 Å².